The number of hydrogen-bond donors (Lipinski definition) is 3. The third-order valence-corrected chi connectivity index (χ3v) is 5.09. The Morgan fingerprint density at radius 2 is 1.55 bits per heavy atom. The number of nitrogens with zero attached hydrogens (tertiary/aromatic N) is 2. The van der Waals surface area contributed by atoms with Crippen molar-refractivity contribution in [3.8, 4) is 0 Å². The molecule has 1 unspecified atom stereocenters. The van der Waals surface area contributed by atoms with Crippen molar-refractivity contribution in [2.45, 2.75) is 26.4 Å². The minimum Gasteiger partial charge on any atom is -0.326 e. The van der Waals surface area contributed by atoms with E-state index < -0.39 is 6.04 Å². The molecule has 8 heteroatoms. The van der Waals surface area contributed by atoms with Gasteiger partial charge in [0.1, 0.15) is 6.04 Å². The van der Waals surface area contributed by atoms with E-state index in [1.807, 2.05) is 18.2 Å². The zero-order chi connectivity index (χ0) is 22.2. The van der Waals surface area contributed by atoms with E-state index in [1.54, 1.807) is 36.1 Å². The maximum Gasteiger partial charge on any atom is 0.318 e. The summed E-state index contributed by atoms with van der Waals surface area (Å²) in [5.41, 5.74) is 2.40. The molecule has 3 rings (SSSR count). The van der Waals surface area contributed by atoms with Gasteiger partial charge < -0.3 is 20.9 Å². The van der Waals surface area contributed by atoms with Crippen LogP contribution in [0.1, 0.15) is 19.4 Å². The highest BCUT2D eigenvalue weighted by atomic mass is 16.2. The van der Waals surface area contributed by atoms with Gasteiger partial charge in [0.15, 0.2) is 0 Å². The van der Waals surface area contributed by atoms with Crippen molar-refractivity contribution in [3.63, 3.8) is 0 Å². The summed E-state index contributed by atoms with van der Waals surface area (Å²) >= 11 is 0. The third-order valence-electron chi connectivity index (χ3n) is 5.09. The van der Waals surface area contributed by atoms with E-state index in [-0.39, 0.29) is 17.8 Å². The Morgan fingerprint density at radius 1 is 0.903 bits per heavy atom. The lowest BCUT2D eigenvalue weighted by molar-refractivity contribution is -0.117. The van der Waals surface area contributed by atoms with Crippen LogP contribution in [-0.4, -0.2) is 59.9 Å². The van der Waals surface area contributed by atoms with Crippen LogP contribution in [0, 0.1) is 0 Å². The van der Waals surface area contributed by atoms with Gasteiger partial charge in [0.2, 0.25) is 11.8 Å². The Balaban J connectivity index is 1.45. The maximum atomic E-state index is 12.6. The molecule has 1 saturated heterocycles. The van der Waals surface area contributed by atoms with Crippen LogP contribution in [0.25, 0.3) is 0 Å². The number of nitrogens with one attached hydrogen (secondary N) is 3. The lowest BCUT2D eigenvalue weighted by Crippen LogP contribution is -2.54. The molecule has 4 amide bonds. The Hall–Kier alpha value is -3.39. The summed E-state index contributed by atoms with van der Waals surface area (Å²) in [6, 6.07) is 16.2. The molecule has 1 aliphatic heterocycles. The number of carbonyl (C=O) groups is 3. The predicted molar refractivity (Wildman–Crippen MR) is 121 cm³/mol. The van der Waals surface area contributed by atoms with Crippen LogP contribution in [0.4, 0.5) is 16.2 Å². The second kappa shape index (κ2) is 10.6. The van der Waals surface area contributed by atoms with E-state index in [0.29, 0.717) is 24.5 Å². The molecule has 0 spiro atoms. The third kappa shape index (κ3) is 6.82. The first-order valence-corrected chi connectivity index (χ1v) is 10.4. The van der Waals surface area contributed by atoms with Crippen molar-refractivity contribution in [3.05, 3.63) is 60.2 Å². The van der Waals surface area contributed by atoms with Crippen LogP contribution >= 0.6 is 0 Å². The zero-order valence-corrected chi connectivity index (χ0v) is 17.9. The van der Waals surface area contributed by atoms with Crippen molar-refractivity contribution >= 4 is 29.2 Å². The van der Waals surface area contributed by atoms with Crippen molar-refractivity contribution in [1.82, 2.24) is 15.1 Å². The highest BCUT2D eigenvalue weighted by Gasteiger charge is 2.24. The summed E-state index contributed by atoms with van der Waals surface area (Å²) in [5, 5.41) is 8.20. The van der Waals surface area contributed by atoms with Crippen LogP contribution in [0.5, 0.6) is 0 Å². The molecular weight excluding hydrogens is 394 g/mol. The van der Waals surface area contributed by atoms with E-state index >= 15 is 0 Å². The Morgan fingerprint density at radius 3 is 2.19 bits per heavy atom. The summed E-state index contributed by atoms with van der Waals surface area (Å²) in [5.74, 6) is -0.510. The van der Waals surface area contributed by atoms with Gasteiger partial charge in [0, 0.05) is 51.0 Å². The Bertz CT molecular complexity index is 910. The summed E-state index contributed by atoms with van der Waals surface area (Å²) < 4.78 is 0. The number of anilines is 2. The fraction of sp³-hybridized carbons (Fsp3) is 0.348. The standard InChI is InChI=1S/C23H29N5O3/c1-17(22(30)26-21-10-6-9-20(15-21)25-18(2)29)24-23(31)28-13-11-27(12-14-28)16-19-7-4-3-5-8-19/h3-10,15,17H,11-14,16H2,1-2H3,(H,24,31)(H,25,29)(H,26,30). The number of rotatable bonds is 6. The van der Waals surface area contributed by atoms with E-state index in [1.165, 1.54) is 12.5 Å². The fourth-order valence-electron chi connectivity index (χ4n) is 3.42. The van der Waals surface area contributed by atoms with Crippen LogP contribution in [0.15, 0.2) is 54.6 Å². The molecule has 8 nitrogen and oxygen atoms in total. The Labute approximate surface area is 182 Å². The Kier molecular flexibility index (Phi) is 7.61. The smallest absolute Gasteiger partial charge is 0.318 e. The van der Waals surface area contributed by atoms with Gasteiger partial charge in [-0.05, 0) is 30.7 Å². The first kappa shape index (κ1) is 22.3. The quantitative estimate of drug-likeness (QED) is 0.666. The number of piperazine rings is 1. The molecule has 2 aromatic rings. The molecule has 1 atom stereocenters. The lowest BCUT2D eigenvalue weighted by atomic mass is 10.2. The van der Waals surface area contributed by atoms with Crippen molar-refractivity contribution < 1.29 is 14.4 Å². The van der Waals surface area contributed by atoms with Crippen LogP contribution < -0.4 is 16.0 Å². The number of hydrogen-bond acceptors (Lipinski definition) is 4. The SMILES string of the molecule is CC(=O)Nc1cccc(NC(=O)C(C)NC(=O)N2CCN(Cc3ccccc3)CC2)c1. The molecule has 0 radical (unpaired) electrons. The molecule has 2 aromatic carbocycles. The molecule has 164 valence electrons. The van der Waals surface area contributed by atoms with Gasteiger partial charge >= 0.3 is 6.03 Å². The van der Waals surface area contributed by atoms with E-state index in [4.69, 9.17) is 0 Å². The zero-order valence-electron chi connectivity index (χ0n) is 17.9. The summed E-state index contributed by atoms with van der Waals surface area (Å²) in [4.78, 5) is 40.3. The molecule has 0 aromatic heterocycles. The maximum absolute atomic E-state index is 12.6. The van der Waals surface area contributed by atoms with Gasteiger partial charge in [0.05, 0.1) is 0 Å². The van der Waals surface area contributed by atoms with Gasteiger partial charge in [-0.15, -0.1) is 0 Å². The molecule has 1 heterocycles. The van der Waals surface area contributed by atoms with Gasteiger partial charge in [-0.1, -0.05) is 36.4 Å². The molecule has 0 aliphatic carbocycles. The second-order valence-corrected chi connectivity index (χ2v) is 7.67. The van der Waals surface area contributed by atoms with Crippen molar-refractivity contribution in [2.75, 3.05) is 36.8 Å². The highest BCUT2D eigenvalue weighted by Crippen LogP contribution is 2.15. The predicted octanol–water partition coefficient (Wildman–Crippen LogP) is 2.50. The average molecular weight is 424 g/mol. The minimum absolute atomic E-state index is 0.187. The molecule has 0 bridgehead atoms. The van der Waals surface area contributed by atoms with Gasteiger partial charge in [-0.2, -0.15) is 0 Å². The average Bonchev–Trinajstić information content (AvgIpc) is 2.74. The topological polar surface area (TPSA) is 93.8 Å². The molecule has 31 heavy (non-hydrogen) atoms. The van der Waals surface area contributed by atoms with Crippen LogP contribution in [0.2, 0.25) is 0 Å². The number of benzene rings is 2. The van der Waals surface area contributed by atoms with Gasteiger partial charge in [-0.3, -0.25) is 14.5 Å². The van der Waals surface area contributed by atoms with Gasteiger partial charge in [-0.25, -0.2) is 4.79 Å². The molecule has 3 N–H and O–H groups in total. The molecule has 0 saturated carbocycles. The van der Waals surface area contributed by atoms with Crippen molar-refractivity contribution in [2.24, 2.45) is 0 Å². The lowest BCUT2D eigenvalue weighted by Gasteiger charge is -2.35. The number of amides is 4. The molecule has 1 fully saturated rings. The largest absolute Gasteiger partial charge is 0.326 e. The van der Waals surface area contributed by atoms with E-state index in [9.17, 15) is 14.4 Å². The highest BCUT2D eigenvalue weighted by molar-refractivity contribution is 5.97. The van der Waals surface area contributed by atoms with E-state index in [2.05, 4.69) is 33.0 Å². The van der Waals surface area contributed by atoms with Gasteiger partial charge in [0.25, 0.3) is 0 Å². The second-order valence-electron chi connectivity index (χ2n) is 7.67. The fourth-order valence-corrected chi connectivity index (χ4v) is 3.42. The summed E-state index contributed by atoms with van der Waals surface area (Å²) in [6.45, 7) is 6.75. The normalized spacial score (nSPS) is 15.1. The first-order chi connectivity index (χ1) is 14.9. The monoisotopic (exact) mass is 423 g/mol. The number of carbonyl (C=O) groups excluding carboxylic acids is 3. The molecule has 1 aliphatic rings. The number of urea groups is 1. The van der Waals surface area contributed by atoms with E-state index in [0.717, 1.165) is 19.6 Å². The molecular formula is C23H29N5O3. The first-order valence-electron chi connectivity index (χ1n) is 10.4. The van der Waals surface area contributed by atoms with Crippen LogP contribution in [-0.2, 0) is 16.1 Å². The summed E-state index contributed by atoms with van der Waals surface area (Å²) in [7, 11) is 0. The summed E-state index contributed by atoms with van der Waals surface area (Å²) in [6.07, 6.45) is 0. The minimum atomic E-state index is -0.695. The van der Waals surface area contributed by atoms with Crippen molar-refractivity contribution in [1.29, 1.82) is 0 Å². The van der Waals surface area contributed by atoms with Crippen LogP contribution in [0.3, 0.4) is 0 Å².